The third kappa shape index (κ3) is 3.23. The first-order chi connectivity index (χ1) is 6.22. The Bertz CT molecular complexity index is 285. The summed E-state index contributed by atoms with van der Waals surface area (Å²) in [4.78, 5) is 4.28. The van der Waals surface area contributed by atoms with Gasteiger partial charge in [0.1, 0.15) is 5.82 Å². The summed E-state index contributed by atoms with van der Waals surface area (Å²) in [7, 11) is 0. The monoisotopic (exact) mass is 177 g/mol. The number of hydrogen-bond donors (Lipinski definition) is 1. The van der Waals surface area contributed by atoms with Gasteiger partial charge in [-0.3, -0.25) is 5.43 Å². The predicted octanol–water partition coefficient (Wildman–Crippen LogP) is 2.51. The van der Waals surface area contributed by atoms with E-state index in [9.17, 15) is 0 Å². The number of pyridine rings is 1. The largest absolute Gasteiger partial charge is 0.262 e. The maximum absolute atomic E-state index is 4.28. The van der Waals surface area contributed by atoms with Crippen LogP contribution in [0, 0.1) is 13.8 Å². The van der Waals surface area contributed by atoms with Crippen LogP contribution in [0.4, 0.5) is 5.82 Å². The molecule has 1 heterocycles. The molecule has 0 spiro atoms. The molecule has 0 fully saturated rings. The van der Waals surface area contributed by atoms with Crippen LogP contribution in [0.15, 0.2) is 17.2 Å². The van der Waals surface area contributed by atoms with E-state index in [0.717, 1.165) is 17.9 Å². The minimum absolute atomic E-state index is 0.808. The quantitative estimate of drug-likeness (QED) is 0.569. The fourth-order valence-electron chi connectivity index (χ4n) is 1.10. The van der Waals surface area contributed by atoms with Gasteiger partial charge in [0.2, 0.25) is 0 Å². The fourth-order valence-corrected chi connectivity index (χ4v) is 1.10. The molecule has 1 rings (SSSR count). The number of nitrogens with one attached hydrogen (secondary N) is 1. The van der Waals surface area contributed by atoms with Crippen LogP contribution >= 0.6 is 0 Å². The zero-order chi connectivity index (χ0) is 9.68. The molecule has 0 aromatic carbocycles. The Kier molecular flexibility index (Phi) is 3.43. The smallest absolute Gasteiger partial charge is 0.146 e. The molecule has 0 unspecified atom stereocenters. The van der Waals surface area contributed by atoms with Gasteiger partial charge in [-0.1, -0.05) is 6.92 Å². The number of anilines is 1. The lowest BCUT2D eigenvalue weighted by Gasteiger charge is -2.01. The van der Waals surface area contributed by atoms with Gasteiger partial charge in [0.25, 0.3) is 0 Å². The summed E-state index contributed by atoms with van der Waals surface area (Å²) in [6.07, 6.45) is 2.75. The topological polar surface area (TPSA) is 37.3 Å². The normalized spacial score (nSPS) is 10.7. The number of hydrazone groups is 1. The van der Waals surface area contributed by atoms with Crippen LogP contribution in [0.2, 0.25) is 0 Å². The molecule has 1 N–H and O–H groups in total. The third-order valence-corrected chi connectivity index (χ3v) is 1.55. The second-order valence-electron chi connectivity index (χ2n) is 3.00. The van der Waals surface area contributed by atoms with Crippen LogP contribution in [0.5, 0.6) is 0 Å². The molecular weight excluding hydrogens is 162 g/mol. The Morgan fingerprint density at radius 3 is 2.85 bits per heavy atom. The van der Waals surface area contributed by atoms with Crippen LogP contribution in [0.3, 0.4) is 0 Å². The lowest BCUT2D eigenvalue weighted by molar-refractivity contribution is 1.14. The van der Waals surface area contributed by atoms with E-state index >= 15 is 0 Å². The summed E-state index contributed by atoms with van der Waals surface area (Å²) < 4.78 is 0. The van der Waals surface area contributed by atoms with E-state index in [1.807, 2.05) is 39.1 Å². The van der Waals surface area contributed by atoms with Crippen molar-refractivity contribution in [3.05, 3.63) is 23.4 Å². The molecule has 0 atom stereocenters. The lowest BCUT2D eigenvalue weighted by Crippen LogP contribution is -1.94. The van der Waals surface area contributed by atoms with E-state index in [2.05, 4.69) is 15.5 Å². The maximum atomic E-state index is 4.28. The molecule has 13 heavy (non-hydrogen) atoms. The standard InChI is InChI=1S/C10H15N3/c1-4-5-11-13-10-7-8(2)6-9(3)12-10/h5-7H,4H2,1-3H3,(H,12,13)/b11-5-. The number of nitrogens with zero attached hydrogens (tertiary/aromatic N) is 2. The molecular formula is C10H15N3. The van der Waals surface area contributed by atoms with Gasteiger partial charge in [-0.25, -0.2) is 4.98 Å². The molecule has 1 aromatic rings. The van der Waals surface area contributed by atoms with Crippen molar-refractivity contribution in [2.45, 2.75) is 27.2 Å². The van der Waals surface area contributed by atoms with Crippen molar-refractivity contribution in [2.24, 2.45) is 5.10 Å². The first kappa shape index (κ1) is 9.71. The van der Waals surface area contributed by atoms with E-state index in [1.54, 1.807) is 0 Å². The summed E-state index contributed by atoms with van der Waals surface area (Å²) in [5.41, 5.74) is 5.09. The van der Waals surface area contributed by atoms with Crippen LogP contribution in [0.1, 0.15) is 24.6 Å². The molecule has 0 radical (unpaired) electrons. The molecule has 0 aliphatic carbocycles. The van der Waals surface area contributed by atoms with Gasteiger partial charge in [0.05, 0.1) is 0 Å². The molecule has 0 saturated heterocycles. The van der Waals surface area contributed by atoms with Gasteiger partial charge >= 0.3 is 0 Å². The van der Waals surface area contributed by atoms with Gasteiger partial charge in [0, 0.05) is 11.9 Å². The zero-order valence-electron chi connectivity index (χ0n) is 8.33. The maximum Gasteiger partial charge on any atom is 0.146 e. The summed E-state index contributed by atoms with van der Waals surface area (Å²) in [5.74, 6) is 0.808. The third-order valence-electron chi connectivity index (χ3n) is 1.55. The van der Waals surface area contributed by atoms with Crippen LogP contribution < -0.4 is 5.43 Å². The highest BCUT2D eigenvalue weighted by Gasteiger charge is 1.94. The minimum atomic E-state index is 0.808. The summed E-state index contributed by atoms with van der Waals surface area (Å²) in [5, 5.41) is 4.00. The molecule has 0 aliphatic heterocycles. The highest BCUT2D eigenvalue weighted by Crippen LogP contribution is 2.08. The number of aryl methyl sites for hydroxylation is 2. The Morgan fingerprint density at radius 2 is 2.23 bits per heavy atom. The highest BCUT2D eigenvalue weighted by atomic mass is 15.3. The van der Waals surface area contributed by atoms with E-state index in [4.69, 9.17) is 0 Å². The Labute approximate surface area is 78.9 Å². The Hall–Kier alpha value is -1.38. The molecule has 3 nitrogen and oxygen atoms in total. The van der Waals surface area contributed by atoms with Crippen molar-refractivity contribution in [1.82, 2.24) is 4.98 Å². The number of aromatic nitrogens is 1. The van der Waals surface area contributed by atoms with Gasteiger partial charge in [0.15, 0.2) is 0 Å². The zero-order valence-corrected chi connectivity index (χ0v) is 8.33. The van der Waals surface area contributed by atoms with Crippen LogP contribution in [-0.4, -0.2) is 11.2 Å². The van der Waals surface area contributed by atoms with E-state index < -0.39 is 0 Å². The molecule has 0 saturated carbocycles. The SMILES string of the molecule is CC/C=N\Nc1cc(C)cc(C)n1. The number of rotatable bonds is 3. The van der Waals surface area contributed by atoms with Gasteiger partial charge < -0.3 is 0 Å². The molecule has 70 valence electrons. The molecule has 0 aliphatic rings. The lowest BCUT2D eigenvalue weighted by atomic mass is 10.2. The highest BCUT2D eigenvalue weighted by molar-refractivity contribution is 5.58. The minimum Gasteiger partial charge on any atom is -0.262 e. The van der Waals surface area contributed by atoms with E-state index in [0.29, 0.717) is 0 Å². The average Bonchev–Trinajstić information content (AvgIpc) is 2.03. The van der Waals surface area contributed by atoms with Crippen molar-refractivity contribution in [3.8, 4) is 0 Å². The van der Waals surface area contributed by atoms with Crippen LogP contribution in [-0.2, 0) is 0 Å². The fraction of sp³-hybridized carbons (Fsp3) is 0.400. The van der Waals surface area contributed by atoms with E-state index in [1.165, 1.54) is 5.56 Å². The molecule has 0 bridgehead atoms. The first-order valence-electron chi connectivity index (χ1n) is 4.45. The van der Waals surface area contributed by atoms with Crippen LogP contribution in [0.25, 0.3) is 0 Å². The van der Waals surface area contributed by atoms with Crippen molar-refractivity contribution < 1.29 is 0 Å². The molecule has 0 amide bonds. The predicted molar refractivity (Wildman–Crippen MR) is 56.1 cm³/mol. The van der Waals surface area contributed by atoms with Crippen molar-refractivity contribution >= 4 is 12.0 Å². The molecule has 1 aromatic heterocycles. The second kappa shape index (κ2) is 4.60. The Morgan fingerprint density at radius 1 is 1.46 bits per heavy atom. The van der Waals surface area contributed by atoms with Crippen molar-refractivity contribution in [1.29, 1.82) is 0 Å². The van der Waals surface area contributed by atoms with Gasteiger partial charge in [-0.15, -0.1) is 0 Å². The second-order valence-corrected chi connectivity index (χ2v) is 3.00. The Balaban J connectivity index is 2.71. The van der Waals surface area contributed by atoms with E-state index in [-0.39, 0.29) is 0 Å². The van der Waals surface area contributed by atoms with Gasteiger partial charge in [-0.05, 0) is 38.0 Å². The van der Waals surface area contributed by atoms with Crippen molar-refractivity contribution in [3.63, 3.8) is 0 Å². The summed E-state index contributed by atoms with van der Waals surface area (Å²) >= 11 is 0. The first-order valence-corrected chi connectivity index (χ1v) is 4.45. The summed E-state index contributed by atoms with van der Waals surface area (Å²) in [6.45, 7) is 6.06. The number of hydrogen-bond acceptors (Lipinski definition) is 3. The summed E-state index contributed by atoms with van der Waals surface area (Å²) in [6, 6.07) is 4.01. The average molecular weight is 177 g/mol. The van der Waals surface area contributed by atoms with Crippen molar-refractivity contribution in [2.75, 3.05) is 5.43 Å². The molecule has 3 heteroatoms. The van der Waals surface area contributed by atoms with Gasteiger partial charge in [-0.2, -0.15) is 5.10 Å².